The number of likely N-dealkylation sites (tertiary alicyclic amines) is 2. The maximum Gasteiger partial charge on any atom is 0.433 e. The number of halogens is 6. The van der Waals surface area contributed by atoms with E-state index < -0.39 is 30.0 Å². The van der Waals surface area contributed by atoms with Gasteiger partial charge in [0.25, 0.3) is 0 Å². The van der Waals surface area contributed by atoms with E-state index in [4.69, 9.17) is 0 Å². The van der Waals surface area contributed by atoms with E-state index in [2.05, 4.69) is 4.98 Å². The highest BCUT2D eigenvalue weighted by atomic mass is 19.4. The van der Waals surface area contributed by atoms with Crippen LogP contribution < -0.4 is 0 Å². The van der Waals surface area contributed by atoms with Crippen molar-refractivity contribution in [1.82, 2.24) is 14.8 Å². The van der Waals surface area contributed by atoms with E-state index in [1.807, 2.05) is 0 Å². The molecular formula is C18H21F6N3O. The average molecular weight is 409 g/mol. The average Bonchev–Trinajstić information content (AvgIpc) is 2.58. The summed E-state index contributed by atoms with van der Waals surface area (Å²) in [5.41, 5.74) is -1.63. The molecule has 2 aliphatic rings. The van der Waals surface area contributed by atoms with E-state index in [-0.39, 0.29) is 43.6 Å². The van der Waals surface area contributed by atoms with E-state index >= 15 is 0 Å². The Morgan fingerprint density at radius 3 is 2.32 bits per heavy atom. The predicted molar refractivity (Wildman–Crippen MR) is 88.4 cm³/mol. The monoisotopic (exact) mass is 409 g/mol. The standard InChI is InChI=1S/C18H21F6N3O/c1-16(9-26(10-16)11-17(19,20)21)15(28)27-7-4-12(5-8-27)13-3-2-6-25-14(13)18(22,23)24/h2-3,6,12H,4-5,7-11H2,1H3. The van der Waals surface area contributed by atoms with Crippen LogP contribution in [0.1, 0.15) is 36.9 Å². The fourth-order valence-corrected chi connectivity index (χ4v) is 4.20. The number of piperidine rings is 1. The summed E-state index contributed by atoms with van der Waals surface area (Å²) in [5.74, 6) is -0.586. The van der Waals surface area contributed by atoms with Crippen molar-refractivity contribution in [3.05, 3.63) is 29.6 Å². The summed E-state index contributed by atoms with van der Waals surface area (Å²) in [7, 11) is 0. The zero-order chi connectivity index (χ0) is 20.7. The molecule has 2 saturated heterocycles. The van der Waals surface area contributed by atoms with E-state index in [1.54, 1.807) is 11.8 Å². The minimum Gasteiger partial charge on any atom is -0.342 e. The maximum atomic E-state index is 13.2. The van der Waals surface area contributed by atoms with Gasteiger partial charge in [-0.3, -0.25) is 14.7 Å². The second-order valence-electron chi connectivity index (χ2n) is 7.83. The van der Waals surface area contributed by atoms with Crippen LogP contribution in [0.2, 0.25) is 0 Å². The van der Waals surface area contributed by atoms with Crippen molar-refractivity contribution in [3.8, 4) is 0 Å². The van der Waals surface area contributed by atoms with Crippen LogP contribution in [0.25, 0.3) is 0 Å². The topological polar surface area (TPSA) is 36.4 Å². The number of rotatable bonds is 3. The van der Waals surface area contributed by atoms with Gasteiger partial charge in [-0.05, 0) is 37.3 Å². The van der Waals surface area contributed by atoms with E-state index in [0.717, 1.165) is 6.20 Å². The Morgan fingerprint density at radius 2 is 1.79 bits per heavy atom. The normalized spacial score (nSPS) is 21.5. The Balaban J connectivity index is 1.59. The molecule has 0 aromatic carbocycles. The number of amides is 1. The van der Waals surface area contributed by atoms with Crippen LogP contribution in [-0.4, -0.2) is 59.6 Å². The lowest BCUT2D eigenvalue weighted by Gasteiger charge is -2.49. The van der Waals surface area contributed by atoms with Gasteiger partial charge in [0.1, 0.15) is 5.69 Å². The molecule has 2 aliphatic heterocycles. The highest BCUT2D eigenvalue weighted by Crippen LogP contribution is 2.39. The molecule has 3 rings (SSSR count). The van der Waals surface area contributed by atoms with Crippen molar-refractivity contribution < 1.29 is 31.1 Å². The number of hydrogen-bond donors (Lipinski definition) is 0. The van der Waals surface area contributed by atoms with Gasteiger partial charge in [0, 0.05) is 32.4 Å². The zero-order valence-electron chi connectivity index (χ0n) is 15.3. The molecule has 1 aromatic heterocycles. The Bertz CT molecular complexity index is 719. The van der Waals surface area contributed by atoms with E-state index in [0.29, 0.717) is 12.8 Å². The number of hydrogen-bond acceptors (Lipinski definition) is 3. The van der Waals surface area contributed by atoms with Gasteiger partial charge < -0.3 is 4.90 Å². The molecule has 0 N–H and O–H groups in total. The second kappa shape index (κ2) is 7.20. The van der Waals surface area contributed by atoms with Crippen LogP contribution in [0, 0.1) is 5.41 Å². The molecule has 156 valence electrons. The van der Waals surface area contributed by atoms with Gasteiger partial charge in [0.15, 0.2) is 0 Å². The summed E-state index contributed by atoms with van der Waals surface area (Å²) in [5, 5.41) is 0. The third-order valence-electron chi connectivity index (χ3n) is 5.39. The predicted octanol–water partition coefficient (Wildman–Crippen LogP) is 3.69. The Labute approximate surface area is 158 Å². The molecule has 0 radical (unpaired) electrons. The van der Waals surface area contributed by atoms with Gasteiger partial charge in [0.05, 0.1) is 12.0 Å². The summed E-state index contributed by atoms with van der Waals surface area (Å²) in [6.07, 6.45) is -7.01. The molecule has 1 amide bonds. The maximum absolute atomic E-state index is 13.2. The number of pyridine rings is 1. The molecule has 10 heteroatoms. The molecule has 0 aliphatic carbocycles. The summed E-state index contributed by atoms with van der Waals surface area (Å²) in [6, 6.07) is 2.88. The molecule has 0 spiro atoms. The van der Waals surface area contributed by atoms with Gasteiger partial charge in [-0.1, -0.05) is 6.07 Å². The van der Waals surface area contributed by atoms with Crippen LogP contribution in [0.15, 0.2) is 18.3 Å². The van der Waals surface area contributed by atoms with Crippen molar-refractivity contribution in [2.24, 2.45) is 5.41 Å². The van der Waals surface area contributed by atoms with Crippen LogP contribution in [0.5, 0.6) is 0 Å². The molecule has 0 unspecified atom stereocenters. The van der Waals surface area contributed by atoms with Crippen molar-refractivity contribution in [1.29, 1.82) is 0 Å². The molecule has 28 heavy (non-hydrogen) atoms. The molecule has 3 heterocycles. The van der Waals surface area contributed by atoms with Gasteiger partial charge in [0.2, 0.25) is 5.91 Å². The van der Waals surface area contributed by atoms with Gasteiger partial charge >= 0.3 is 12.4 Å². The van der Waals surface area contributed by atoms with Crippen molar-refractivity contribution in [2.75, 3.05) is 32.7 Å². The fraction of sp³-hybridized carbons (Fsp3) is 0.667. The quantitative estimate of drug-likeness (QED) is 0.715. The van der Waals surface area contributed by atoms with Crippen molar-refractivity contribution in [2.45, 2.75) is 38.0 Å². The minimum absolute atomic E-state index is 0.0338. The minimum atomic E-state index is -4.54. The SMILES string of the molecule is CC1(C(=O)N2CCC(c3cccnc3C(F)(F)F)CC2)CN(CC(F)(F)F)C1. The Morgan fingerprint density at radius 1 is 1.18 bits per heavy atom. The lowest BCUT2D eigenvalue weighted by atomic mass is 9.79. The third kappa shape index (κ3) is 4.42. The first kappa shape index (κ1) is 20.9. The number of nitrogens with zero attached hydrogens (tertiary/aromatic N) is 3. The van der Waals surface area contributed by atoms with Gasteiger partial charge in [-0.2, -0.15) is 26.3 Å². The molecule has 1 aromatic rings. The van der Waals surface area contributed by atoms with Crippen LogP contribution >= 0.6 is 0 Å². The number of carbonyl (C=O) groups is 1. The number of aromatic nitrogens is 1. The molecule has 0 atom stereocenters. The largest absolute Gasteiger partial charge is 0.433 e. The highest BCUT2D eigenvalue weighted by molar-refractivity contribution is 5.84. The smallest absolute Gasteiger partial charge is 0.342 e. The molecule has 2 fully saturated rings. The molecule has 0 saturated carbocycles. The first-order valence-corrected chi connectivity index (χ1v) is 9.00. The van der Waals surface area contributed by atoms with Crippen molar-refractivity contribution >= 4 is 5.91 Å². The van der Waals surface area contributed by atoms with Gasteiger partial charge in [-0.25, -0.2) is 0 Å². The number of alkyl halides is 6. The lowest BCUT2D eigenvalue weighted by molar-refractivity contribution is -0.179. The van der Waals surface area contributed by atoms with Gasteiger partial charge in [-0.15, -0.1) is 0 Å². The van der Waals surface area contributed by atoms with E-state index in [1.165, 1.54) is 17.0 Å². The van der Waals surface area contributed by atoms with Crippen LogP contribution in [0.3, 0.4) is 0 Å². The third-order valence-corrected chi connectivity index (χ3v) is 5.39. The summed E-state index contributed by atoms with van der Waals surface area (Å²) in [4.78, 5) is 18.9. The molecular weight excluding hydrogens is 388 g/mol. The van der Waals surface area contributed by atoms with Crippen LogP contribution in [-0.2, 0) is 11.0 Å². The Kier molecular flexibility index (Phi) is 5.37. The molecule has 4 nitrogen and oxygen atoms in total. The van der Waals surface area contributed by atoms with E-state index in [9.17, 15) is 31.1 Å². The zero-order valence-corrected chi connectivity index (χ0v) is 15.3. The first-order chi connectivity index (χ1) is 12.9. The van der Waals surface area contributed by atoms with Crippen molar-refractivity contribution in [3.63, 3.8) is 0 Å². The summed E-state index contributed by atoms with van der Waals surface area (Å²) < 4.78 is 76.8. The highest BCUT2D eigenvalue weighted by Gasteiger charge is 2.50. The van der Waals surface area contributed by atoms with Crippen LogP contribution in [0.4, 0.5) is 26.3 Å². The fourth-order valence-electron chi connectivity index (χ4n) is 4.20. The summed E-state index contributed by atoms with van der Waals surface area (Å²) in [6.45, 7) is 1.23. The number of carbonyl (C=O) groups excluding carboxylic acids is 1. The Hall–Kier alpha value is -1.84. The second-order valence-corrected chi connectivity index (χ2v) is 7.83. The first-order valence-electron chi connectivity index (χ1n) is 9.00. The molecule has 0 bridgehead atoms. The summed E-state index contributed by atoms with van der Waals surface area (Å²) >= 11 is 0. The lowest BCUT2D eigenvalue weighted by Crippen LogP contribution is -2.64.